The van der Waals surface area contributed by atoms with Crippen molar-refractivity contribution in [2.24, 2.45) is 0 Å². The first-order valence-electron chi connectivity index (χ1n) is 4.50. The molecule has 0 saturated heterocycles. The van der Waals surface area contributed by atoms with E-state index in [1.165, 1.54) is 0 Å². The highest BCUT2D eigenvalue weighted by Crippen LogP contribution is 2.16. The third-order valence-corrected chi connectivity index (χ3v) is 2.45. The Labute approximate surface area is 82.9 Å². The molecule has 2 aromatic heterocycles. The molecule has 0 bridgehead atoms. The molecule has 2 radical (unpaired) electrons. The molecule has 0 atom stereocenters. The van der Waals surface area contributed by atoms with Crippen molar-refractivity contribution in [2.45, 2.75) is 13.6 Å². The molecule has 3 heterocycles. The van der Waals surface area contributed by atoms with Gasteiger partial charge < -0.3 is 0 Å². The number of aryl methyl sites for hydroxylation is 1. The average Bonchev–Trinajstić information content (AvgIpc) is 2.60. The predicted octanol–water partition coefficient (Wildman–Crippen LogP) is -0.816. The van der Waals surface area contributed by atoms with E-state index in [1.807, 2.05) is 36.1 Å². The third kappa shape index (κ3) is 0.866. The van der Waals surface area contributed by atoms with E-state index in [-0.39, 0.29) is 0 Å². The molecule has 1 aliphatic heterocycles. The Morgan fingerprint density at radius 1 is 1.50 bits per heavy atom. The van der Waals surface area contributed by atoms with Crippen LogP contribution in [-0.4, -0.2) is 17.8 Å². The largest absolute Gasteiger partial charge is 0.592 e. The van der Waals surface area contributed by atoms with Gasteiger partial charge in [-0.2, -0.15) is 9.78 Å². The lowest BCUT2D eigenvalue weighted by molar-refractivity contribution is -0.748. The molecule has 0 aromatic carbocycles. The van der Waals surface area contributed by atoms with E-state index in [2.05, 4.69) is 9.67 Å². The van der Waals surface area contributed by atoms with Crippen molar-refractivity contribution in [2.75, 3.05) is 0 Å². The maximum Gasteiger partial charge on any atom is 0.592 e. The second-order valence-corrected chi connectivity index (χ2v) is 3.50. The summed E-state index contributed by atoms with van der Waals surface area (Å²) < 4.78 is 5.65. The van der Waals surface area contributed by atoms with Gasteiger partial charge >= 0.3 is 13.8 Å². The molecular formula is C9H9BN4+2. The van der Waals surface area contributed by atoms with Gasteiger partial charge in [-0.3, -0.25) is 0 Å². The Hall–Kier alpha value is -1.65. The molecule has 2 aromatic rings. The summed E-state index contributed by atoms with van der Waals surface area (Å²) >= 11 is 0. The van der Waals surface area contributed by atoms with Gasteiger partial charge in [0.15, 0.2) is 12.4 Å². The quantitative estimate of drug-likeness (QED) is 0.331. The first kappa shape index (κ1) is 7.73. The molecule has 0 unspecified atom stereocenters. The summed E-state index contributed by atoms with van der Waals surface area (Å²) in [7, 11) is 5.85. The zero-order valence-electron chi connectivity index (χ0n) is 7.88. The van der Waals surface area contributed by atoms with Crippen LogP contribution in [0, 0.1) is 6.92 Å². The number of fused-ring (bicyclic) bond motifs is 3. The van der Waals surface area contributed by atoms with Crippen LogP contribution in [0.25, 0.3) is 11.5 Å². The standard InChI is InChI=1S/C9H9BN4/c1-7-5-8-9-12(6-14(8)11-7)3-2-4-13(9)10/h2-5H,6H2,1H3/q+2. The van der Waals surface area contributed by atoms with Crippen LogP contribution in [0.4, 0.5) is 0 Å². The number of hydrogen-bond acceptors (Lipinski definition) is 1. The van der Waals surface area contributed by atoms with Crippen LogP contribution >= 0.6 is 0 Å². The van der Waals surface area contributed by atoms with Gasteiger partial charge in [-0.25, -0.2) is 4.48 Å². The van der Waals surface area contributed by atoms with Gasteiger partial charge in [-0.1, -0.05) is 0 Å². The first-order chi connectivity index (χ1) is 6.75. The molecule has 0 fully saturated rings. The minimum atomic E-state index is 0.747. The molecule has 0 N–H and O–H groups in total. The van der Waals surface area contributed by atoms with E-state index in [9.17, 15) is 0 Å². The summed E-state index contributed by atoms with van der Waals surface area (Å²) in [6.07, 6.45) is 3.84. The number of hydrogen-bond donors (Lipinski definition) is 0. The van der Waals surface area contributed by atoms with Crippen LogP contribution in [0.3, 0.4) is 0 Å². The first-order valence-corrected chi connectivity index (χ1v) is 4.50. The fourth-order valence-corrected chi connectivity index (χ4v) is 1.90. The lowest BCUT2D eigenvalue weighted by Gasteiger charge is -1.89. The SMILES string of the molecule is [B][n+]1ccc[n+]2c1-c1cc(C)nn1C2. The fourth-order valence-electron chi connectivity index (χ4n) is 1.90. The minimum absolute atomic E-state index is 0.747. The zero-order chi connectivity index (χ0) is 9.71. The molecule has 0 saturated carbocycles. The van der Waals surface area contributed by atoms with Gasteiger partial charge in [0, 0.05) is 6.07 Å². The predicted molar refractivity (Wildman–Crippen MR) is 49.3 cm³/mol. The van der Waals surface area contributed by atoms with Crippen LogP contribution in [0.15, 0.2) is 24.5 Å². The molecule has 0 amide bonds. The second-order valence-electron chi connectivity index (χ2n) is 3.50. The van der Waals surface area contributed by atoms with Crippen molar-refractivity contribution in [3.05, 3.63) is 30.2 Å². The van der Waals surface area contributed by atoms with Crippen molar-refractivity contribution >= 4 is 7.98 Å². The lowest BCUT2D eigenvalue weighted by Crippen LogP contribution is -2.47. The molecule has 14 heavy (non-hydrogen) atoms. The van der Waals surface area contributed by atoms with Crippen molar-refractivity contribution < 1.29 is 9.05 Å². The van der Waals surface area contributed by atoms with E-state index >= 15 is 0 Å². The highest BCUT2D eigenvalue weighted by Gasteiger charge is 2.34. The summed E-state index contributed by atoms with van der Waals surface area (Å²) in [6.45, 7) is 2.73. The number of aromatic nitrogens is 4. The van der Waals surface area contributed by atoms with Crippen LogP contribution in [0.5, 0.6) is 0 Å². The monoisotopic (exact) mass is 184 g/mol. The third-order valence-electron chi connectivity index (χ3n) is 2.45. The molecule has 0 spiro atoms. The normalized spacial score (nSPS) is 12.6. The zero-order valence-corrected chi connectivity index (χ0v) is 7.88. The molecular weight excluding hydrogens is 175 g/mol. The van der Waals surface area contributed by atoms with Gasteiger partial charge in [0.05, 0.1) is 11.8 Å². The van der Waals surface area contributed by atoms with Gasteiger partial charge in [-0.15, -0.1) is 4.57 Å². The summed E-state index contributed by atoms with van der Waals surface area (Å²) in [5.41, 5.74) is 2.10. The van der Waals surface area contributed by atoms with E-state index in [1.54, 1.807) is 4.48 Å². The van der Waals surface area contributed by atoms with Crippen molar-refractivity contribution in [3.8, 4) is 11.5 Å². The average molecular weight is 184 g/mol. The number of rotatable bonds is 0. The van der Waals surface area contributed by atoms with Crippen molar-refractivity contribution in [3.63, 3.8) is 0 Å². The van der Waals surface area contributed by atoms with Crippen LogP contribution in [0.2, 0.25) is 0 Å². The maximum absolute atomic E-state index is 5.85. The Morgan fingerprint density at radius 3 is 3.21 bits per heavy atom. The Bertz CT molecular complexity index is 518. The molecule has 66 valence electrons. The maximum atomic E-state index is 5.85. The van der Waals surface area contributed by atoms with E-state index in [0.717, 1.165) is 23.9 Å². The molecule has 5 heteroatoms. The Kier molecular flexibility index (Phi) is 1.35. The van der Waals surface area contributed by atoms with Crippen LogP contribution in [0.1, 0.15) is 5.69 Å². The summed E-state index contributed by atoms with van der Waals surface area (Å²) in [4.78, 5) is 0. The van der Waals surface area contributed by atoms with Gasteiger partial charge in [0.1, 0.15) is 0 Å². The smallest absolute Gasteiger partial charge is 0.226 e. The van der Waals surface area contributed by atoms with Gasteiger partial charge in [-0.05, 0) is 6.92 Å². The summed E-state index contributed by atoms with van der Waals surface area (Å²) in [6, 6.07) is 3.96. The second kappa shape index (κ2) is 2.44. The Balaban J connectivity index is 2.33. The van der Waals surface area contributed by atoms with Crippen molar-refractivity contribution in [1.82, 2.24) is 9.78 Å². The topological polar surface area (TPSA) is 25.6 Å². The van der Waals surface area contributed by atoms with Gasteiger partial charge in [0.2, 0.25) is 12.4 Å². The van der Waals surface area contributed by atoms with Crippen LogP contribution in [-0.2, 0) is 6.67 Å². The summed E-state index contributed by atoms with van der Waals surface area (Å²) in [5.74, 6) is 0.994. The molecule has 3 rings (SSSR count). The van der Waals surface area contributed by atoms with Crippen molar-refractivity contribution in [1.29, 1.82) is 0 Å². The lowest BCUT2D eigenvalue weighted by atomic mass is 10.3. The van der Waals surface area contributed by atoms with E-state index in [4.69, 9.17) is 7.98 Å². The molecule has 4 nitrogen and oxygen atoms in total. The van der Waals surface area contributed by atoms with Crippen LogP contribution < -0.4 is 9.05 Å². The number of nitrogens with zero attached hydrogens (tertiary/aromatic N) is 4. The fraction of sp³-hybridized carbons (Fsp3) is 0.222. The minimum Gasteiger partial charge on any atom is -0.226 e. The van der Waals surface area contributed by atoms with E-state index < -0.39 is 0 Å². The summed E-state index contributed by atoms with van der Waals surface area (Å²) in [5, 5.41) is 4.37. The molecule has 1 aliphatic rings. The molecule has 0 aliphatic carbocycles. The van der Waals surface area contributed by atoms with Gasteiger partial charge in [0.25, 0.3) is 0 Å². The highest BCUT2D eigenvalue weighted by molar-refractivity contribution is 5.95. The van der Waals surface area contributed by atoms with E-state index in [0.29, 0.717) is 0 Å². The highest BCUT2D eigenvalue weighted by atomic mass is 15.4. The Morgan fingerprint density at radius 2 is 2.36 bits per heavy atom.